The Morgan fingerprint density at radius 2 is 2.11 bits per heavy atom. The number of thioether (sulfide) groups is 1. The van der Waals surface area contributed by atoms with Crippen molar-refractivity contribution in [2.45, 2.75) is 44.3 Å². The summed E-state index contributed by atoms with van der Waals surface area (Å²) in [6.45, 7) is 4.59. The number of carboxylic acid groups (broad SMARTS) is 1. The minimum Gasteiger partial charge on any atom is -0.481 e. The zero-order valence-corrected chi connectivity index (χ0v) is 11.7. The summed E-state index contributed by atoms with van der Waals surface area (Å²) in [5, 5.41) is 9.58. The van der Waals surface area contributed by atoms with Crippen molar-refractivity contribution in [3.05, 3.63) is 12.4 Å². The van der Waals surface area contributed by atoms with Gasteiger partial charge in [-0.25, -0.2) is 4.98 Å². The maximum Gasteiger partial charge on any atom is 0.313 e. The lowest BCUT2D eigenvalue weighted by molar-refractivity contribution is -0.133. The standard InChI is InChI=1S/C13H20N2O2S/c1-9-5-10(2)7-11(6-9)15-4-3-14-13(15)18-8-12(16)17/h3-4,9-11H,5-8H2,1-2H3,(H,16,17). The van der Waals surface area contributed by atoms with Crippen molar-refractivity contribution in [2.75, 3.05) is 5.75 Å². The fourth-order valence-electron chi connectivity index (χ4n) is 2.95. The Balaban J connectivity index is 2.08. The number of hydrogen-bond donors (Lipinski definition) is 1. The van der Waals surface area contributed by atoms with E-state index in [2.05, 4.69) is 23.4 Å². The van der Waals surface area contributed by atoms with Crippen LogP contribution in [0.25, 0.3) is 0 Å². The molecule has 1 aliphatic rings. The normalized spacial score (nSPS) is 28.2. The molecule has 100 valence electrons. The van der Waals surface area contributed by atoms with Gasteiger partial charge in [0.1, 0.15) is 0 Å². The van der Waals surface area contributed by atoms with Gasteiger partial charge in [-0.05, 0) is 31.1 Å². The number of carboxylic acids is 1. The molecule has 0 radical (unpaired) electrons. The van der Waals surface area contributed by atoms with Crippen molar-refractivity contribution in [1.29, 1.82) is 0 Å². The highest BCUT2D eigenvalue weighted by Crippen LogP contribution is 2.37. The van der Waals surface area contributed by atoms with Crippen molar-refractivity contribution in [3.63, 3.8) is 0 Å². The quantitative estimate of drug-likeness (QED) is 0.853. The molecule has 1 heterocycles. The molecule has 1 saturated carbocycles. The number of carbonyl (C=O) groups is 1. The van der Waals surface area contributed by atoms with Crippen molar-refractivity contribution in [1.82, 2.24) is 9.55 Å². The Bertz CT molecular complexity index is 409. The van der Waals surface area contributed by atoms with E-state index in [1.807, 2.05) is 6.20 Å². The highest BCUT2D eigenvalue weighted by atomic mass is 32.2. The molecule has 1 fully saturated rings. The summed E-state index contributed by atoms with van der Waals surface area (Å²) >= 11 is 1.31. The highest BCUT2D eigenvalue weighted by Gasteiger charge is 2.26. The molecule has 1 aromatic rings. The first kappa shape index (κ1) is 13.5. The van der Waals surface area contributed by atoms with Gasteiger partial charge in [0.25, 0.3) is 0 Å². The second kappa shape index (κ2) is 5.78. The summed E-state index contributed by atoms with van der Waals surface area (Å²) < 4.78 is 2.17. The van der Waals surface area contributed by atoms with Gasteiger partial charge >= 0.3 is 5.97 Å². The number of hydrogen-bond acceptors (Lipinski definition) is 3. The molecule has 2 atom stereocenters. The molecule has 2 rings (SSSR count). The smallest absolute Gasteiger partial charge is 0.313 e. The van der Waals surface area contributed by atoms with Crippen LogP contribution in [0.15, 0.2) is 17.6 Å². The van der Waals surface area contributed by atoms with Crippen LogP contribution in [0.4, 0.5) is 0 Å². The Morgan fingerprint density at radius 3 is 2.72 bits per heavy atom. The monoisotopic (exact) mass is 268 g/mol. The van der Waals surface area contributed by atoms with Crippen LogP contribution in [0.5, 0.6) is 0 Å². The summed E-state index contributed by atoms with van der Waals surface area (Å²) in [4.78, 5) is 14.9. The van der Waals surface area contributed by atoms with Crippen LogP contribution >= 0.6 is 11.8 Å². The maximum absolute atomic E-state index is 10.6. The summed E-state index contributed by atoms with van der Waals surface area (Å²) in [7, 11) is 0. The number of imidazole rings is 1. The van der Waals surface area contributed by atoms with Gasteiger partial charge in [0.15, 0.2) is 5.16 Å². The third-order valence-corrected chi connectivity index (χ3v) is 4.47. The molecule has 2 unspecified atom stereocenters. The Morgan fingerprint density at radius 1 is 1.44 bits per heavy atom. The lowest BCUT2D eigenvalue weighted by Crippen LogP contribution is -2.22. The summed E-state index contributed by atoms with van der Waals surface area (Å²) in [6.07, 6.45) is 7.39. The maximum atomic E-state index is 10.6. The van der Waals surface area contributed by atoms with Crippen molar-refractivity contribution < 1.29 is 9.90 Å². The largest absolute Gasteiger partial charge is 0.481 e. The molecule has 0 aromatic carbocycles. The summed E-state index contributed by atoms with van der Waals surface area (Å²) in [5.74, 6) is 0.756. The van der Waals surface area contributed by atoms with Crippen LogP contribution in [-0.4, -0.2) is 26.4 Å². The minimum atomic E-state index is -0.792. The first-order valence-corrected chi connectivity index (χ1v) is 7.42. The van der Waals surface area contributed by atoms with Crippen LogP contribution in [0.3, 0.4) is 0 Å². The van der Waals surface area contributed by atoms with Gasteiger partial charge in [0.05, 0.1) is 5.75 Å². The summed E-state index contributed by atoms with van der Waals surface area (Å²) in [5.41, 5.74) is 0. The molecule has 1 N–H and O–H groups in total. The van der Waals surface area contributed by atoms with E-state index in [0.717, 1.165) is 17.0 Å². The average Bonchev–Trinajstić information content (AvgIpc) is 2.72. The minimum absolute atomic E-state index is 0.0782. The van der Waals surface area contributed by atoms with E-state index < -0.39 is 5.97 Å². The highest BCUT2D eigenvalue weighted by molar-refractivity contribution is 7.99. The molecule has 0 aliphatic heterocycles. The predicted octanol–water partition coefficient (Wildman–Crippen LogP) is 3.06. The molecule has 4 nitrogen and oxygen atoms in total. The van der Waals surface area contributed by atoms with Crippen LogP contribution in [0.1, 0.15) is 39.2 Å². The molecule has 0 saturated heterocycles. The van der Waals surface area contributed by atoms with E-state index in [0.29, 0.717) is 6.04 Å². The van der Waals surface area contributed by atoms with E-state index in [9.17, 15) is 4.79 Å². The molecule has 1 aliphatic carbocycles. The van der Waals surface area contributed by atoms with Gasteiger partial charge in [-0.2, -0.15) is 0 Å². The van der Waals surface area contributed by atoms with Crippen LogP contribution in [0.2, 0.25) is 0 Å². The third-order valence-electron chi connectivity index (χ3n) is 3.50. The molecule has 0 bridgehead atoms. The van der Waals surface area contributed by atoms with E-state index in [1.54, 1.807) is 6.20 Å². The van der Waals surface area contributed by atoms with Gasteiger partial charge in [0.2, 0.25) is 0 Å². The van der Waals surface area contributed by atoms with Gasteiger partial charge in [-0.1, -0.05) is 25.6 Å². The average molecular weight is 268 g/mol. The Kier molecular flexibility index (Phi) is 4.32. The van der Waals surface area contributed by atoms with Crippen LogP contribution in [-0.2, 0) is 4.79 Å². The number of rotatable bonds is 4. The first-order valence-electron chi connectivity index (χ1n) is 6.43. The Hall–Kier alpha value is -0.970. The fraction of sp³-hybridized carbons (Fsp3) is 0.692. The Labute approximate surface area is 112 Å². The van der Waals surface area contributed by atoms with Crippen molar-refractivity contribution in [2.24, 2.45) is 11.8 Å². The van der Waals surface area contributed by atoms with Crippen molar-refractivity contribution in [3.8, 4) is 0 Å². The van der Waals surface area contributed by atoms with Gasteiger partial charge in [-0.15, -0.1) is 0 Å². The molecule has 0 spiro atoms. The van der Waals surface area contributed by atoms with Crippen LogP contribution < -0.4 is 0 Å². The number of aromatic nitrogens is 2. The van der Waals surface area contributed by atoms with E-state index in [-0.39, 0.29) is 5.75 Å². The van der Waals surface area contributed by atoms with E-state index >= 15 is 0 Å². The second-order valence-electron chi connectivity index (χ2n) is 5.37. The molecular formula is C13H20N2O2S. The van der Waals surface area contributed by atoms with Gasteiger partial charge in [0, 0.05) is 18.4 Å². The molecule has 18 heavy (non-hydrogen) atoms. The molecule has 5 heteroatoms. The second-order valence-corrected chi connectivity index (χ2v) is 6.31. The van der Waals surface area contributed by atoms with E-state index in [4.69, 9.17) is 5.11 Å². The summed E-state index contributed by atoms with van der Waals surface area (Å²) in [6, 6.07) is 0.475. The van der Waals surface area contributed by atoms with Crippen molar-refractivity contribution >= 4 is 17.7 Å². The topological polar surface area (TPSA) is 55.1 Å². The SMILES string of the molecule is CC1CC(C)CC(n2ccnc2SCC(=O)O)C1. The van der Waals surface area contributed by atoms with Gasteiger partial charge < -0.3 is 9.67 Å². The van der Waals surface area contributed by atoms with Gasteiger partial charge in [-0.3, -0.25) is 4.79 Å². The molecule has 0 amide bonds. The fourth-order valence-corrected chi connectivity index (χ4v) is 3.69. The zero-order chi connectivity index (χ0) is 13.1. The lowest BCUT2D eigenvalue weighted by Gasteiger charge is -2.32. The van der Waals surface area contributed by atoms with Crippen LogP contribution in [0, 0.1) is 11.8 Å². The predicted molar refractivity (Wildman–Crippen MR) is 71.8 cm³/mol. The first-order chi connectivity index (χ1) is 8.56. The molecular weight excluding hydrogens is 248 g/mol. The lowest BCUT2D eigenvalue weighted by atomic mass is 9.80. The number of nitrogens with zero attached hydrogens (tertiary/aromatic N) is 2. The third kappa shape index (κ3) is 3.28. The number of aliphatic carboxylic acids is 1. The molecule has 1 aromatic heterocycles. The van der Waals surface area contributed by atoms with E-state index in [1.165, 1.54) is 31.0 Å². The zero-order valence-electron chi connectivity index (χ0n) is 10.9.